The van der Waals surface area contributed by atoms with Crippen molar-refractivity contribution in [3.63, 3.8) is 0 Å². The average Bonchev–Trinajstić information content (AvgIpc) is 2.72. The number of rotatable bonds is 3. The maximum atomic E-state index is 6.35. The molecule has 0 aliphatic carbocycles. The molecule has 0 fully saturated rings. The molecule has 0 aliphatic heterocycles. The number of benzene rings is 1. The van der Waals surface area contributed by atoms with Gasteiger partial charge in [-0.15, -0.1) is 11.3 Å². The first-order valence-corrected chi connectivity index (χ1v) is 8.64. The van der Waals surface area contributed by atoms with E-state index < -0.39 is 0 Å². The maximum absolute atomic E-state index is 6.35. The molecule has 0 spiro atoms. The Morgan fingerprint density at radius 3 is 2.47 bits per heavy atom. The van der Waals surface area contributed by atoms with Crippen LogP contribution in [0.2, 0.25) is 5.02 Å². The van der Waals surface area contributed by atoms with Crippen LogP contribution in [0.3, 0.4) is 0 Å². The second kappa shape index (κ2) is 6.17. The third-order valence-electron chi connectivity index (χ3n) is 2.94. The van der Waals surface area contributed by atoms with Crippen LogP contribution in [0.5, 0.6) is 5.75 Å². The number of ether oxygens (including phenoxy) is 1. The smallest absolute Gasteiger partial charge is 0.123 e. The van der Waals surface area contributed by atoms with Gasteiger partial charge in [-0.3, -0.25) is 0 Å². The molecule has 2 rings (SSSR count). The normalized spacial score (nSPS) is 12.5. The minimum Gasteiger partial charge on any atom is -0.496 e. The van der Waals surface area contributed by atoms with Crippen molar-refractivity contribution in [3.05, 3.63) is 48.6 Å². The summed E-state index contributed by atoms with van der Waals surface area (Å²) in [5.41, 5.74) is 3.33. The number of halogens is 3. The van der Waals surface area contributed by atoms with Gasteiger partial charge in [-0.1, -0.05) is 43.5 Å². The first-order chi connectivity index (χ1) is 8.95. The lowest BCUT2D eigenvalue weighted by Gasteiger charge is -2.15. The van der Waals surface area contributed by atoms with Crippen LogP contribution < -0.4 is 4.74 Å². The number of methoxy groups -OCH3 is 1. The summed E-state index contributed by atoms with van der Waals surface area (Å²) in [4.78, 5) is 1.14. The van der Waals surface area contributed by atoms with Crippen molar-refractivity contribution in [2.45, 2.75) is 18.7 Å². The molecule has 0 radical (unpaired) electrons. The summed E-state index contributed by atoms with van der Waals surface area (Å²) in [6.07, 6.45) is 0. The van der Waals surface area contributed by atoms with Gasteiger partial charge in [0.05, 0.1) is 17.0 Å². The summed E-state index contributed by atoms with van der Waals surface area (Å²) in [5, 5.41) is 2.90. The molecule has 0 saturated heterocycles. The van der Waals surface area contributed by atoms with E-state index in [2.05, 4.69) is 43.3 Å². The zero-order valence-corrected chi connectivity index (χ0v) is 15.5. The monoisotopic (exact) mass is 422 g/mol. The molecule has 5 heteroatoms. The molecule has 102 valence electrons. The van der Waals surface area contributed by atoms with Crippen LogP contribution in [-0.2, 0) is 0 Å². The standard InChI is InChI=1S/C14H13Br2ClOS/c1-7-4-11(18-3)9(5-10(7)15)12(16)14-13(17)8(2)6-19-14/h4-6,12H,1-3H3. The minimum atomic E-state index is 0.0329. The van der Waals surface area contributed by atoms with Crippen molar-refractivity contribution in [1.82, 2.24) is 0 Å². The van der Waals surface area contributed by atoms with E-state index in [4.69, 9.17) is 16.3 Å². The fraction of sp³-hybridized carbons (Fsp3) is 0.286. The van der Waals surface area contributed by atoms with E-state index in [1.807, 2.05) is 19.9 Å². The van der Waals surface area contributed by atoms with Crippen LogP contribution in [0.15, 0.2) is 22.0 Å². The highest BCUT2D eigenvalue weighted by atomic mass is 79.9. The molecule has 1 unspecified atom stereocenters. The lowest BCUT2D eigenvalue weighted by atomic mass is 10.1. The first-order valence-electron chi connectivity index (χ1n) is 5.67. The summed E-state index contributed by atoms with van der Waals surface area (Å²) in [6, 6.07) is 4.11. The van der Waals surface area contributed by atoms with Crippen LogP contribution in [0, 0.1) is 13.8 Å². The Morgan fingerprint density at radius 1 is 1.26 bits per heavy atom. The van der Waals surface area contributed by atoms with Crippen LogP contribution in [0.1, 0.15) is 26.4 Å². The van der Waals surface area contributed by atoms with Gasteiger partial charge in [0.2, 0.25) is 0 Å². The average molecular weight is 425 g/mol. The lowest BCUT2D eigenvalue weighted by Crippen LogP contribution is -1.97. The minimum absolute atomic E-state index is 0.0329. The van der Waals surface area contributed by atoms with Gasteiger partial charge < -0.3 is 4.74 Å². The van der Waals surface area contributed by atoms with Crippen molar-refractivity contribution >= 4 is 54.8 Å². The van der Waals surface area contributed by atoms with Crippen molar-refractivity contribution in [3.8, 4) is 5.75 Å². The van der Waals surface area contributed by atoms with E-state index in [1.54, 1.807) is 18.4 Å². The quantitative estimate of drug-likeness (QED) is 0.527. The van der Waals surface area contributed by atoms with E-state index in [0.717, 1.165) is 36.8 Å². The summed E-state index contributed by atoms with van der Waals surface area (Å²) >= 11 is 15.3. The number of aryl methyl sites for hydroxylation is 2. The molecule has 0 saturated carbocycles. The Labute approximate surface area is 139 Å². The van der Waals surface area contributed by atoms with Gasteiger partial charge in [0.25, 0.3) is 0 Å². The Bertz CT molecular complexity index is 610. The number of alkyl halides is 1. The largest absolute Gasteiger partial charge is 0.496 e. The van der Waals surface area contributed by atoms with Gasteiger partial charge in [-0.2, -0.15) is 0 Å². The van der Waals surface area contributed by atoms with Crippen LogP contribution >= 0.6 is 54.8 Å². The van der Waals surface area contributed by atoms with Crippen LogP contribution in [0.4, 0.5) is 0 Å². The summed E-state index contributed by atoms with van der Waals surface area (Å²) in [7, 11) is 1.69. The van der Waals surface area contributed by atoms with E-state index in [1.165, 1.54) is 0 Å². The highest BCUT2D eigenvalue weighted by Crippen LogP contribution is 2.44. The molecular weight excluding hydrogens is 411 g/mol. The SMILES string of the molecule is COc1cc(C)c(Br)cc1C(Br)c1scc(C)c1Cl. The summed E-state index contributed by atoms with van der Waals surface area (Å²) < 4.78 is 6.55. The van der Waals surface area contributed by atoms with Gasteiger partial charge in [0.15, 0.2) is 0 Å². The van der Waals surface area contributed by atoms with Crippen molar-refractivity contribution in [1.29, 1.82) is 0 Å². The molecule has 0 N–H and O–H groups in total. The Morgan fingerprint density at radius 2 is 1.95 bits per heavy atom. The fourth-order valence-electron chi connectivity index (χ4n) is 1.81. The molecule has 1 heterocycles. The molecule has 1 atom stereocenters. The van der Waals surface area contributed by atoms with E-state index in [-0.39, 0.29) is 4.83 Å². The molecule has 0 bridgehead atoms. The number of hydrogen-bond donors (Lipinski definition) is 0. The predicted octanol–water partition coefficient (Wildman–Crippen LogP) is 6.27. The zero-order chi connectivity index (χ0) is 14.2. The van der Waals surface area contributed by atoms with Gasteiger partial charge >= 0.3 is 0 Å². The molecule has 1 aromatic heterocycles. The van der Waals surface area contributed by atoms with Crippen molar-refractivity contribution in [2.24, 2.45) is 0 Å². The Hall–Kier alpha value is -0.0300. The molecule has 19 heavy (non-hydrogen) atoms. The third-order valence-corrected chi connectivity index (χ3v) is 6.83. The van der Waals surface area contributed by atoms with Gasteiger partial charge in [-0.05, 0) is 42.5 Å². The molecular formula is C14H13Br2ClOS. The fourth-order valence-corrected chi connectivity index (χ4v) is 4.50. The molecule has 1 nitrogen and oxygen atoms in total. The molecule has 0 amide bonds. The number of hydrogen-bond acceptors (Lipinski definition) is 2. The molecule has 2 aromatic rings. The number of thiophene rings is 1. The van der Waals surface area contributed by atoms with Gasteiger partial charge in [0.1, 0.15) is 5.75 Å². The van der Waals surface area contributed by atoms with Crippen molar-refractivity contribution in [2.75, 3.05) is 7.11 Å². The van der Waals surface area contributed by atoms with Crippen molar-refractivity contribution < 1.29 is 4.74 Å². The van der Waals surface area contributed by atoms with E-state index in [9.17, 15) is 0 Å². The van der Waals surface area contributed by atoms with E-state index in [0.29, 0.717) is 0 Å². The highest BCUT2D eigenvalue weighted by molar-refractivity contribution is 9.10. The second-order valence-electron chi connectivity index (χ2n) is 4.30. The second-order valence-corrected chi connectivity index (χ2v) is 7.36. The summed E-state index contributed by atoms with van der Waals surface area (Å²) in [6.45, 7) is 4.06. The predicted molar refractivity (Wildman–Crippen MR) is 90.3 cm³/mol. The molecule has 1 aromatic carbocycles. The maximum Gasteiger partial charge on any atom is 0.123 e. The van der Waals surface area contributed by atoms with Crippen LogP contribution in [-0.4, -0.2) is 7.11 Å². The summed E-state index contributed by atoms with van der Waals surface area (Å²) in [5.74, 6) is 0.865. The highest BCUT2D eigenvalue weighted by Gasteiger charge is 2.21. The topological polar surface area (TPSA) is 9.23 Å². The Balaban J connectivity index is 2.52. The Kier molecular flexibility index (Phi) is 4.99. The van der Waals surface area contributed by atoms with Gasteiger partial charge in [0, 0.05) is 14.9 Å². The third kappa shape index (κ3) is 3.02. The lowest BCUT2D eigenvalue weighted by molar-refractivity contribution is 0.410. The zero-order valence-electron chi connectivity index (χ0n) is 10.8. The van der Waals surface area contributed by atoms with E-state index >= 15 is 0 Å². The van der Waals surface area contributed by atoms with Crippen LogP contribution in [0.25, 0.3) is 0 Å². The molecule has 0 aliphatic rings. The first kappa shape index (κ1) is 15.4. The van der Waals surface area contributed by atoms with Gasteiger partial charge in [-0.25, -0.2) is 0 Å².